The molecule has 0 saturated heterocycles. The molecule has 1 heterocycles. The Kier molecular flexibility index (Phi) is 5.05. The van der Waals surface area contributed by atoms with Crippen LogP contribution in [-0.2, 0) is 7.05 Å². The highest BCUT2D eigenvalue weighted by atomic mass is 16.5. The summed E-state index contributed by atoms with van der Waals surface area (Å²) >= 11 is 0. The molecule has 23 heavy (non-hydrogen) atoms. The van der Waals surface area contributed by atoms with Gasteiger partial charge >= 0.3 is 0 Å². The predicted molar refractivity (Wildman–Crippen MR) is 87.4 cm³/mol. The standard InChI is InChI=1S/C17H20N2O4/c1-11-13(10-19(2)18-11)14(20)7-6-12-8-15(21-3)17(23-5)16(9-12)22-4/h6-10H,1-5H3/b7-6+. The van der Waals surface area contributed by atoms with E-state index in [1.807, 2.05) is 0 Å². The van der Waals surface area contributed by atoms with E-state index in [0.717, 1.165) is 5.56 Å². The van der Waals surface area contributed by atoms with Gasteiger partial charge in [0, 0.05) is 13.2 Å². The number of aryl methyl sites for hydroxylation is 2. The van der Waals surface area contributed by atoms with E-state index in [1.54, 1.807) is 64.4 Å². The van der Waals surface area contributed by atoms with Crippen molar-refractivity contribution in [2.24, 2.45) is 7.05 Å². The molecule has 122 valence electrons. The van der Waals surface area contributed by atoms with Crippen LogP contribution >= 0.6 is 0 Å². The number of ketones is 1. The average molecular weight is 316 g/mol. The van der Waals surface area contributed by atoms with Crippen LogP contribution in [0.5, 0.6) is 17.2 Å². The maximum absolute atomic E-state index is 12.3. The molecule has 0 aliphatic rings. The monoisotopic (exact) mass is 316 g/mol. The van der Waals surface area contributed by atoms with Crippen molar-refractivity contribution in [2.45, 2.75) is 6.92 Å². The number of ether oxygens (including phenoxy) is 3. The Morgan fingerprint density at radius 3 is 2.17 bits per heavy atom. The number of methoxy groups -OCH3 is 3. The lowest BCUT2D eigenvalue weighted by Gasteiger charge is -2.12. The van der Waals surface area contributed by atoms with Gasteiger partial charge in [0.1, 0.15) is 0 Å². The normalized spacial score (nSPS) is 10.8. The number of hydrogen-bond acceptors (Lipinski definition) is 5. The van der Waals surface area contributed by atoms with Gasteiger partial charge in [-0.15, -0.1) is 0 Å². The Morgan fingerprint density at radius 1 is 1.13 bits per heavy atom. The molecule has 0 bridgehead atoms. The summed E-state index contributed by atoms with van der Waals surface area (Å²) in [6, 6.07) is 3.56. The molecule has 1 aromatic carbocycles. The van der Waals surface area contributed by atoms with Crippen LogP contribution in [-0.4, -0.2) is 36.9 Å². The summed E-state index contributed by atoms with van der Waals surface area (Å²) in [7, 11) is 6.43. The molecule has 6 heteroatoms. The molecular formula is C17H20N2O4. The molecule has 0 saturated carbocycles. The molecule has 0 N–H and O–H groups in total. The highest BCUT2D eigenvalue weighted by Gasteiger charge is 2.13. The third-order valence-corrected chi connectivity index (χ3v) is 3.39. The first-order chi connectivity index (χ1) is 11.0. The van der Waals surface area contributed by atoms with Crippen LogP contribution in [0, 0.1) is 6.92 Å². The van der Waals surface area contributed by atoms with E-state index < -0.39 is 0 Å². The van der Waals surface area contributed by atoms with Crippen molar-refractivity contribution >= 4 is 11.9 Å². The van der Waals surface area contributed by atoms with E-state index in [1.165, 1.54) is 6.08 Å². The van der Waals surface area contributed by atoms with Crippen LogP contribution in [0.3, 0.4) is 0 Å². The third kappa shape index (κ3) is 3.53. The topological polar surface area (TPSA) is 62.6 Å². The summed E-state index contributed by atoms with van der Waals surface area (Å²) < 4.78 is 17.5. The molecule has 0 fully saturated rings. The van der Waals surface area contributed by atoms with Crippen molar-refractivity contribution in [3.8, 4) is 17.2 Å². The number of rotatable bonds is 6. The average Bonchev–Trinajstić information content (AvgIpc) is 2.89. The van der Waals surface area contributed by atoms with Gasteiger partial charge < -0.3 is 14.2 Å². The second-order valence-electron chi connectivity index (χ2n) is 4.96. The fraction of sp³-hybridized carbons (Fsp3) is 0.294. The smallest absolute Gasteiger partial charge is 0.203 e. The lowest BCUT2D eigenvalue weighted by Crippen LogP contribution is -1.96. The van der Waals surface area contributed by atoms with E-state index >= 15 is 0 Å². The SMILES string of the molecule is COc1cc(/C=C/C(=O)c2cn(C)nc2C)cc(OC)c1OC. The first-order valence-electron chi connectivity index (χ1n) is 7.02. The number of hydrogen-bond donors (Lipinski definition) is 0. The van der Waals surface area contributed by atoms with Gasteiger partial charge in [-0.2, -0.15) is 5.10 Å². The number of benzene rings is 1. The fourth-order valence-electron chi connectivity index (χ4n) is 2.30. The molecule has 0 atom stereocenters. The minimum absolute atomic E-state index is 0.107. The molecule has 0 spiro atoms. The molecule has 1 aromatic heterocycles. The van der Waals surface area contributed by atoms with Crippen molar-refractivity contribution in [3.63, 3.8) is 0 Å². The van der Waals surface area contributed by atoms with Crippen LogP contribution in [0.25, 0.3) is 6.08 Å². The molecule has 2 rings (SSSR count). The Labute approximate surface area is 135 Å². The van der Waals surface area contributed by atoms with Gasteiger partial charge in [0.25, 0.3) is 0 Å². The number of carbonyl (C=O) groups is 1. The van der Waals surface area contributed by atoms with Crippen LogP contribution in [0.4, 0.5) is 0 Å². The van der Waals surface area contributed by atoms with E-state index in [9.17, 15) is 4.79 Å². The van der Waals surface area contributed by atoms with Gasteiger partial charge in [-0.25, -0.2) is 0 Å². The highest BCUT2D eigenvalue weighted by molar-refractivity contribution is 6.07. The van der Waals surface area contributed by atoms with Gasteiger partial charge in [0.2, 0.25) is 5.75 Å². The minimum Gasteiger partial charge on any atom is -0.493 e. The van der Waals surface area contributed by atoms with Gasteiger partial charge in [0.15, 0.2) is 17.3 Å². The zero-order valence-corrected chi connectivity index (χ0v) is 13.9. The zero-order chi connectivity index (χ0) is 17.0. The molecule has 0 amide bonds. The van der Waals surface area contributed by atoms with Crippen LogP contribution in [0.15, 0.2) is 24.4 Å². The molecule has 0 aliphatic carbocycles. The second kappa shape index (κ2) is 7.00. The molecule has 2 aromatic rings. The van der Waals surface area contributed by atoms with Crippen molar-refractivity contribution in [2.75, 3.05) is 21.3 Å². The Bertz CT molecular complexity index is 722. The van der Waals surface area contributed by atoms with Gasteiger partial charge in [-0.3, -0.25) is 9.48 Å². The van der Waals surface area contributed by atoms with Crippen LogP contribution in [0.2, 0.25) is 0 Å². The summed E-state index contributed by atoms with van der Waals surface area (Å²) in [6.07, 6.45) is 4.92. The van der Waals surface area contributed by atoms with E-state index in [4.69, 9.17) is 14.2 Å². The van der Waals surface area contributed by atoms with Gasteiger partial charge in [0.05, 0.1) is 32.6 Å². The number of aromatic nitrogens is 2. The van der Waals surface area contributed by atoms with Crippen molar-refractivity contribution < 1.29 is 19.0 Å². The fourth-order valence-corrected chi connectivity index (χ4v) is 2.30. The number of allylic oxidation sites excluding steroid dienone is 1. The summed E-state index contributed by atoms with van der Waals surface area (Å²) in [6.45, 7) is 1.81. The molecule has 6 nitrogen and oxygen atoms in total. The number of carbonyl (C=O) groups excluding carboxylic acids is 1. The largest absolute Gasteiger partial charge is 0.493 e. The van der Waals surface area contributed by atoms with Gasteiger partial charge in [-0.05, 0) is 30.7 Å². The predicted octanol–water partition coefficient (Wildman–Crippen LogP) is 2.65. The van der Waals surface area contributed by atoms with E-state index in [2.05, 4.69) is 5.10 Å². The highest BCUT2D eigenvalue weighted by Crippen LogP contribution is 2.38. The summed E-state index contributed by atoms with van der Waals surface area (Å²) in [5.41, 5.74) is 2.05. The van der Waals surface area contributed by atoms with E-state index in [0.29, 0.717) is 28.5 Å². The first kappa shape index (κ1) is 16.6. The summed E-state index contributed by atoms with van der Waals surface area (Å²) in [4.78, 5) is 12.3. The Hall–Kier alpha value is -2.76. The van der Waals surface area contributed by atoms with Crippen LogP contribution < -0.4 is 14.2 Å². The van der Waals surface area contributed by atoms with Crippen molar-refractivity contribution in [1.29, 1.82) is 0 Å². The summed E-state index contributed by atoms with van der Waals surface area (Å²) in [5.74, 6) is 1.49. The Morgan fingerprint density at radius 2 is 1.74 bits per heavy atom. The Balaban J connectivity index is 2.32. The molecule has 0 unspecified atom stereocenters. The second-order valence-corrected chi connectivity index (χ2v) is 4.96. The maximum atomic E-state index is 12.3. The number of nitrogens with zero attached hydrogens (tertiary/aromatic N) is 2. The summed E-state index contributed by atoms with van der Waals surface area (Å²) in [5, 5.41) is 4.17. The zero-order valence-electron chi connectivity index (χ0n) is 13.9. The third-order valence-electron chi connectivity index (χ3n) is 3.39. The first-order valence-corrected chi connectivity index (χ1v) is 7.02. The maximum Gasteiger partial charge on any atom is 0.203 e. The minimum atomic E-state index is -0.107. The molecule has 0 radical (unpaired) electrons. The van der Waals surface area contributed by atoms with Crippen molar-refractivity contribution in [3.05, 3.63) is 41.2 Å². The van der Waals surface area contributed by atoms with Crippen LogP contribution in [0.1, 0.15) is 21.6 Å². The molecule has 0 aliphatic heterocycles. The van der Waals surface area contributed by atoms with Gasteiger partial charge in [-0.1, -0.05) is 6.08 Å². The molecular weight excluding hydrogens is 296 g/mol. The quantitative estimate of drug-likeness (QED) is 0.605. The van der Waals surface area contributed by atoms with E-state index in [-0.39, 0.29) is 5.78 Å². The lowest BCUT2D eigenvalue weighted by molar-refractivity contribution is 0.104. The lowest BCUT2D eigenvalue weighted by atomic mass is 10.1. The van der Waals surface area contributed by atoms with Crippen molar-refractivity contribution in [1.82, 2.24) is 9.78 Å².